The molecule has 1 saturated heterocycles. The number of aryl methyl sites for hydroxylation is 2. The Bertz CT molecular complexity index is 758. The molecule has 0 bridgehead atoms. The number of hydrogen-bond donors (Lipinski definition) is 1. The first-order valence-electron chi connectivity index (χ1n) is 9.24. The Labute approximate surface area is 155 Å². The molecular weight excluding hydrogens is 324 g/mol. The fourth-order valence-electron chi connectivity index (χ4n) is 3.66. The summed E-state index contributed by atoms with van der Waals surface area (Å²) in [4.78, 5) is 26.4. The molecule has 136 valence electrons. The van der Waals surface area contributed by atoms with E-state index in [2.05, 4.69) is 29.6 Å². The van der Waals surface area contributed by atoms with E-state index in [1.165, 1.54) is 5.56 Å². The zero-order chi connectivity index (χ0) is 18.5. The van der Waals surface area contributed by atoms with Gasteiger partial charge in [-0.1, -0.05) is 36.4 Å². The highest BCUT2D eigenvalue weighted by molar-refractivity contribution is 6.39. The standard InChI is InChI=1S/C22H26N2O2/c1-16-12-17(2)14-20(13-16)23-21(25)22(26)24-10-8-19(9-11-24)15-18-6-4-3-5-7-18/h3-7,12-14,19H,8-11,15H2,1-2H3,(H,23,25). The molecule has 0 radical (unpaired) electrons. The van der Waals surface area contributed by atoms with Gasteiger partial charge in [0.25, 0.3) is 0 Å². The van der Waals surface area contributed by atoms with E-state index in [0.717, 1.165) is 30.4 Å². The van der Waals surface area contributed by atoms with Crippen LogP contribution in [0.2, 0.25) is 0 Å². The molecule has 1 aliphatic rings. The van der Waals surface area contributed by atoms with Crippen LogP contribution in [0.1, 0.15) is 29.5 Å². The van der Waals surface area contributed by atoms with Gasteiger partial charge in [-0.05, 0) is 67.9 Å². The lowest BCUT2D eigenvalue weighted by atomic mass is 9.90. The molecular formula is C22H26N2O2. The first-order chi connectivity index (χ1) is 12.5. The van der Waals surface area contributed by atoms with E-state index in [1.54, 1.807) is 4.90 Å². The van der Waals surface area contributed by atoms with Crippen molar-refractivity contribution in [3.63, 3.8) is 0 Å². The molecule has 1 fully saturated rings. The van der Waals surface area contributed by atoms with E-state index in [1.807, 2.05) is 38.1 Å². The molecule has 4 nitrogen and oxygen atoms in total. The molecule has 1 heterocycles. The minimum absolute atomic E-state index is 0.428. The molecule has 26 heavy (non-hydrogen) atoms. The molecule has 0 atom stereocenters. The number of anilines is 1. The van der Waals surface area contributed by atoms with Crippen LogP contribution in [0.4, 0.5) is 5.69 Å². The van der Waals surface area contributed by atoms with Crippen molar-refractivity contribution in [1.82, 2.24) is 4.90 Å². The van der Waals surface area contributed by atoms with Crippen molar-refractivity contribution in [2.75, 3.05) is 18.4 Å². The van der Waals surface area contributed by atoms with Gasteiger partial charge in [-0.25, -0.2) is 0 Å². The summed E-state index contributed by atoms with van der Waals surface area (Å²) in [6, 6.07) is 16.2. The third kappa shape index (κ3) is 4.72. The van der Waals surface area contributed by atoms with Gasteiger partial charge in [0.2, 0.25) is 0 Å². The predicted molar refractivity (Wildman–Crippen MR) is 104 cm³/mol. The van der Waals surface area contributed by atoms with Crippen molar-refractivity contribution >= 4 is 17.5 Å². The van der Waals surface area contributed by atoms with Crippen molar-refractivity contribution in [1.29, 1.82) is 0 Å². The summed E-state index contributed by atoms with van der Waals surface area (Å²) < 4.78 is 0. The fraction of sp³-hybridized carbons (Fsp3) is 0.364. The maximum atomic E-state index is 12.5. The van der Waals surface area contributed by atoms with Crippen LogP contribution < -0.4 is 5.32 Å². The average molecular weight is 350 g/mol. The Morgan fingerprint density at radius 2 is 1.62 bits per heavy atom. The topological polar surface area (TPSA) is 49.4 Å². The third-order valence-corrected chi connectivity index (χ3v) is 4.94. The van der Waals surface area contributed by atoms with Crippen LogP contribution in [0.3, 0.4) is 0 Å². The number of hydrogen-bond acceptors (Lipinski definition) is 2. The highest BCUT2D eigenvalue weighted by Crippen LogP contribution is 2.22. The van der Waals surface area contributed by atoms with E-state index in [9.17, 15) is 9.59 Å². The van der Waals surface area contributed by atoms with Gasteiger partial charge in [0.05, 0.1) is 0 Å². The molecule has 1 N–H and O–H groups in total. The van der Waals surface area contributed by atoms with Crippen molar-refractivity contribution in [2.45, 2.75) is 33.1 Å². The Morgan fingerprint density at radius 3 is 2.23 bits per heavy atom. The quantitative estimate of drug-likeness (QED) is 0.858. The van der Waals surface area contributed by atoms with Crippen molar-refractivity contribution in [3.05, 3.63) is 65.2 Å². The molecule has 0 aromatic heterocycles. The molecule has 3 rings (SSSR count). The van der Waals surface area contributed by atoms with Crippen LogP contribution in [-0.4, -0.2) is 29.8 Å². The van der Waals surface area contributed by atoms with E-state index < -0.39 is 11.8 Å². The third-order valence-electron chi connectivity index (χ3n) is 4.94. The number of carbonyl (C=O) groups excluding carboxylic acids is 2. The zero-order valence-corrected chi connectivity index (χ0v) is 15.5. The molecule has 1 aliphatic heterocycles. The monoisotopic (exact) mass is 350 g/mol. The SMILES string of the molecule is Cc1cc(C)cc(NC(=O)C(=O)N2CCC(Cc3ccccc3)CC2)c1. The summed E-state index contributed by atoms with van der Waals surface area (Å²) in [6.45, 7) is 5.25. The maximum Gasteiger partial charge on any atom is 0.313 e. The summed E-state index contributed by atoms with van der Waals surface area (Å²) in [5.41, 5.74) is 4.15. The summed E-state index contributed by atoms with van der Waals surface area (Å²) in [5, 5.41) is 2.74. The summed E-state index contributed by atoms with van der Waals surface area (Å²) in [5.74, 6) is -0.400. The van der Waals surface area contributed by atoms with Crippen LogP contribution in [0.25, 0.3) is 0 Å². The first kappa shape index (κ1) is 18.2. The second-order valence-electron chi connectivity index (χ2n) is 7.26. The Morgan fingerprint density at radius 1 is 1.00 bits per heavy atom. The number of carbonyl (C=O) groups is 2. The summed E-state index contributed by atoms with van der Waals surface area (Å²) in [7, 11) is 0. The highest BCUT2D eigenvalue weighted by Gasteiger charge is 2.27. The fourth-order valence-corrected chi connectivity index (χ4v) is 3.66. The lowest BCUT2D eigenvalue weighted by molar-refractivity contribution is -0.144. The number of benzene rings is 2. The number of likely N-dealkylation sites (tertiary alicyclic amines) is 1. The van der Waals surface area contributed by atoms with Crippen molar-refractivity contribution in [2.24, 2.45) is 5.92 Å². The van der Waals surface area contributed by atoms with Gasteiger partial charge >= 0.3 is 11.8 Å². The van der Waals surface area contributed by atoms with Gasteiger partial charge in [0.15, 0.2) is 0 Å². The normalized spacial score (nSPS) is 14.9. The van der Waals surface area contributed by atoms with Gasteiger partial charge in [0.1, 0.15) is 0 Å². The minimum Gasteiger partial charge on any atom is -0.334 e. The smallest absolute Gasteiger partial charge is 0.313 e. The lowest BCUT2D eigenvalue weighted by Gasteiger charge is -2.31. The molecule has 2 aromatic carbocycles. The van der Waals surface area contributed by atoms with E-state index in [4.69, 9.17) is 0 Å². The molecule has 2 aromatic rings. The Hall–Kier alpha value is -2.62. The van der Waals surface area contributed by atoms with Gasteiger partial charge in [-0.3, -0.25) is 9.59 Å². The Kier molecular flexibility index (Phi) is 5.71. The number of amides is 2. The summed E-state index contributed by atoms with van der Waals surface area (Å²) >= 11 is 0. The maximum absolute atomic E-state index is 12.5. The van der Waals surface area contributed by atoms with Gasteiger partial charge in [0, 0.05) is 18.8 Å². The largest absolute Gasteiger partial charge is 0.334 e. The number of nitrogens with zero attached hydrogens (tertiary/aromatic N) is 1. The number of rotatable bonds is 3. The van der Waals surface area contributed by atoms with Crippen LogP contribution >= 0.6 is 0 Å². The number of piperidine rings is 1. The number of nitrogens with one attached hydrogen (secondary N) is 1. The van der Waals surface area contributed by atoms with Crippen LogP contribution in [-0.2, 0) is 16.0 Å². The van der Waals surface area contributed by atoms with Crippen LogP contribution in [0.15, 0.2) is 48.5 Å². The average Bonchev–Trinajstić information content (AvgIpc) is 2.62. The minimum atomic E-state index is -0.545. The second-order valence-corrected chi connectivity index (χ2v) is 7.26. The summed E-state index contributed by atoms with van der Waals surface area (Å²) in [6.07, 6.45) is 2.92. The highest BCUT2D eigenvalue weighted by atomic mass is 16.2. The molecule has 0 unspecified atom stereocenters. The lowest BCUT2D eigenvalue weighted by Crippen LogP contribution is -2.44. The van der Waals surface area contributed by atoms with Gasteiger partial charge < -0.3 is 10.2 Å². The molecule has 0 saturated carbocycles. The van der Waals surface area contributed by atoms with E-state index >= 15 is 0 Å². The van der Waals surface area contributed by atoms with Crippen molar-refractivity contribution in [3.8, 4) is 0 Å². The molecule has 0 aliphatic carbocycles. The van der Waals surface area contributed by atoms with E-state index in [-0.39, 0.29) is 0 Å². The molecule has 2 amide bonds. The van der Waals surface area contributed by atoms with Crippen LogP contribution in [0.5, 0.6) is 0 Å². The zero-order valence-electron chi connectivity index (χ0n) is 15.5. The van der Waals surface area contributed by atoms with Crippen LogP contribution in [0, 0.1) is 19.8 Å². The van der Waals surface area contributed by atoms with Gasteiger partial charge in [-0.2, -0.15) is 0 Å². The molecule has 0 spiro atoms. The van der Waals surface area contributed by atoms with Gasteiger partial charge in [-0.15, -0.1) is 0 Å². The van der Waals surface area contributed by atoms with Crippen molar-refractivity contribution < 1.29 is 9.59 Å². The first-order valence-corrected chi connectivity index (χ1v) is 9.24. The molecule has 4 heteroatoms. The predicted octanol–water partition coefficient (Wildman–Crippen LogP) is 3.72. The second kappa shape index (κ2) is 8.17. The Balaban J connectivity index is 1.52. The van der Waals surface area contributed by atoms with E-state index in [0.29, 0.717) is 24.7 Å².